The van der Waals surface area contributed by atoms with Gasteiger partial charge in [-0.25, -0.2) is 4.39 Å². The standard InChI is InChI=1S/C12H8Br2ClFS/c1-6-8(13)5-10(17-6)12(15)7-3-2-4-9(16)11(7)14/h2-5,12H,1H3. The molecule has 0 radical (unpaired) electrons. The fourth-order valence-corrected chi connectivity index (χ4v) is 4.04. The first-order chi connectivity index (χ1) is 8.00. The molecular formula is C12H8Br2ClFS. The summed E-state index contributed by atoms with van der Waals surface area (Å²) in [6.07, 6.45) is 0. The van der Waals surface area contributed by atoms with E-state index in [0.29, 0.717) is 4.47 Å². The Kier molecular flexibility index (Phi) is 4.29. The van der Waals surface area contributed by atoms with E-state index in [-0.39, 0.29) is 11.2 Å². The third kappa shape index (κ3) is 2.75. The molecule has 0 saturated heterocycles. The van der Waals surface area contributed by atoms with Crippen LogP contribution in [0.3, 0.4) is 0 Å². The van der Waals surface area contributed by atoms with Crippen LogP contribution in [0.15, 0.2) is 33.2 Å². The summed E-state index contributed by atoms with van der Waals surface area (Å²) in [4.78, 5) is 2.17. The second-order valence-electron chi connectivity index (χ2n) is 3.56. The Morgan fingerprint density at radius 1 is 1.35 bits per heavy atom. The minimum atomic E-state index is -0.338. The zero-order chi connectivity index (χ0) is 12.6. The molecule has 0 aliphatic heterocycles. The Hall–Kier alpha value is 0.1000. The third-order valence-corrected chi connectivity index (χ3v) is 6.02. The van der Waals surface area contributed by atoms with E-state index in [1.54, 1.807) is 17.4 Å². The summed E-state index contributed by atoms with van der Waals surface area (Å²) in [6.45, 7) is 2.02. The molecular weight excluding hydrogens is 390 g/mol. The van der Waals surface area contributed by atoms with Gasteiger partial charge < -0.3 is 0 Å². The maximum Gasteiger partial charge on any atom is 0.137 e. The molecule has 0 bridgehead atoms. The molecule has 1 unspecified atom stereocenters. The van der Waals surface area contributed by atoms with Gasteiger partial charge in [-0.05, 0) is 56.5 Å². The van der Waals surface area contributed by atoms with Crippen LogP contribution in [0.25, 0.3) is 0 Å². The molecule has 90 valence electrons. The Morgan fingerprint density at radius 2 is 2.06 bits per heavy atom. The van der Waals surface area contributed by atoms with Gasteiger partial charge in [-0.2, -0.15) is 0 Å². The second-order valence-corrected chi connectivity index (χ2v) is 6.93. The van der Waals surface area contributed by atoms with Crippen molar-refractivity contribution in [1.29, 1.82) is 0 Å². The van der Waals surface area contributed by atoms with Crippen molar-refractivity contribution in [2.45, 2.75) is 12.3 Å². The highest BCUT2D eigenvalue weighted by molar-refractivity contribution is 9.10. The Labute approximate surface area is 125 Å². The zero-order valence-electron chi connectivity index (χ0n) is 8.81. The molecule has 5 heteroatoms. The van der Waals surface area contributed by atoms with Crippen LogP contribution in [-0.2, 0) is 0 Å². The van der Waals surface area contributed by atoms with Gasteiger partial charge in [0.2, 0.25) is 0 Å². The normalized spacial score (nSPS) is 12.8. The smallest absolute Gasteiger partial charge is 0.137 e. The first kappa shape index (κ1) is 13.5. The first-order valence-electron chi connectivity index (χ1n) is 4.84. The van der Waals surface area contributed by atoms with E-state index < -0.39 is 0 Å². The van der Waals surface area contributed by atoms with Crippen LogP contribution in [0, 0.1) is 12.7 Å². The summed E-state index contributed by atoms with van der Waals surface area (Å²) in [5.41, 5.74) is 0.750. The summed E-state index contributed by atoms with van der Waals surface area (Å²) in [6, 6.07) is 6.88. The molecule has 2 aromatic rings. The van der Waals surface area contributed by atoms with Crippen LogP contribution in [0.5, 0.6) is 0 Å². The summed E-state index contributed by atoms with van der Waals surface area (Å²) in [5, 5.41) is -0.338. The van der Waals surface area contributed by atoms with Crippen molar-refractivity contribution in [3.05, 3.63) is 54.3 Å². The molecule has 17 heavy (non-hydrogen) atoms. The minimum Gasteiger partial charge on any atom is -0.206 e. The van der Waals surface area contributed by atoms with E-state index in [0.717, 1.165) is 19.8 Å². The molecule has 0 N–H and O–H groups in total. The SMILES string of the molecule is Cc1sc(C(Cl)c2cccc(F)c2Br)cc1Br. The Balaban J connectivity index is 2.43. The highest BCUT2D eigenvalue weighted by Crippen LogP contribution is 2.40. The summed E-state index contributed by atoms with van der Waals surface area (Å²) in [7, 11) is 0. The second kappa shape index (κ2) is 5.39. The predicted molar refractivity (Wildman–Crippen MR) is 78.6 cm³/mol. The van der Waals surface area contributed by atoms with Gasteiger partial charge in [0, 0.05) is 14.2 Å². The van der Waals surface area contributed by atoms with E-state index >= 15 is 0 Å². The number of hydrogen-bond acceptors (Lipinski definition) is 1. The monoisotopic (exact) mass is 396 g/mol. The molecule has 0 aliphatic rings. The quantitative estimate of drug-likeness (QED) is 0.540. The van der Waals surface area contributed by atoms with Crippen LogP contribution in [0.4, 0.5) is 4.39 Å². The van der Waals surface area contributed by atoms with Crippen molar-refractivity contribution in [3.63, 3.8) is 0 Å². The number of aryl methyl sites for hydroxylation is 1. The van der Waals surface area contributed by atoms with Crippen LogP contribution >= 0.6 is 54.8 Å². The van der Waals surface area contributed by atoms with Gasteiger partial charge in [0.25, 0.3) is 0 Å². The number of thiophene rings is 1. The molecule has 1 aromatic carbocycles. The lowest BCUT2D eigenvalue weighted by atomic mass is 10.1. The predicted octanol–water partition coefficient (Wildman–Crippen LogP) is 6.05. The van der Waals surface area contributed by atoms with E-state index in [9.17, 15) is 4.39 Å². The fraction of sp³-hybridized carbons (Fsp3) is 0.167. The first-order valence-corrected chi connectivity index (χ1v) is 7.68. The van der Waals surface area contributed by atoms with E-state index in [1.807, 2.05) is 19.1 Å². The lowest BCUT2D eigenvalue weighted by molar-refractivity contribution is 0.618. The van der Waals surface area contributed by atoms with Gasteiger partial charge in [-0.15, -0.1) is 22.9 Å². The van der Waals surface area contributed by atoms with Crippen molar-refractivity contribution in [2.75, 3.05) is 0 Å². The van der Waals surface area contributed by atoms with Crippen molar-refractivity contribution >= 4 is 54.8 Å². The number of halogens is 4. The number of rotatable bonds is 2. The van der Waals surface area contributed by atoms with Gasteiger partial charge in [-0.3, -0.25) is 0 Å². The molecule has 1 aromatic heterocycles. The highest BCUT2D eigenvalue weighted by Gasteiger charge is 2.18. The lowest BCUT2D eigenvalue weighted by Gasteiger charge is -2.10. The van der Waals surface area contributed by atoms with Crippen molar-refractivity contribution < 1.29 is 4.39 Å². The maximum absolute atomic E-state index is 13.4. The highest BCUT2D eigenvalue weighted by atomic mass is 79.9. The van der Waals surface area contributed by atoms with Gasteiger partial charge in [0.15, 0.2) is 0 Å². The number of benzene rings is 1. The van der Waals surface area contributed by atoms with Crippen LogP contribution in [-0.4, -0.2) is 0 Å². The molecule has 0 nitrogen and oxygen atoms in total. The fourth-order valence-electron chi connectivity index (χ4n) is 1.48. The summed E-state index contributed by atoms with van der Waals surface area (Å²) < 4.78 is 14.9. The molecule has 1 atom stereocenters. The molecule has 0 aliphatic carbocycles. The van der Waals surface area contributed by atoms with Crippen molar-refractivity contribution in [2.24, 2.45) is 0 Å². The third-order valence-electron chi connectivity index (χ3n) is 2.38. The number of alkyl halides is 1. The lowest BCUT2D eigenvalue weighted by Crippen LogP contribution is -1.93. The summed E-state index contributed by atoms with van der Waals surface area (Å²) >= 11 is 14.7. The Bertz CT molecular complexity index is 534. The van der Waals surface area contributed by atoms with E-state index in [1.165, 1.54) is 6.07 Å². The summed E-state index contributed by atoms with van der Waals surface area (Å²) in [5.74, 6) is -0.291. The van der Waals surface area contributed by atoms with Crippen molar-refractivity contribution in [3.8, 4) is 0 Å². The molecule has 2 rings (SSSR count). The van der Waals surface area contributed by atoms with Gasteiger partial charge >= 0.3 is 0 Å². The minimum absolute atomic E-state index is 0.291. The maximum atomic E-state index is 13.4. The zero-order valence-corrected chi connectivity index (χ0v) is 13.6. The molecule has 0 fully saturated rings. The average Bonchev–Trinajstić information content (AvgIpc) is 2.62. The van der Waals surface area contributed by atoms with Crippen LogP contribution < -0.4 is 0 Å². The molecule has 0 spiro atoms. The van der Waals surface area contributed by atoms with E-state index in [4.69, 9.17) is 11.6 Å². The van der Waals surface area contributed by atoms with Gasteiger partial charge in [-0.1, -0.05) is 12.1 Å². The van der Waals surface area contributed by atoms with Gasteiger partial charge in [0.05, 0.1) is 9.85 Å². The van der Waals surface area contributed by atoms with Crippen molar-refractivity contribution in [1.82, 2.24) is 0 Å². The van der Waals surface area contributed by atoms with Crippen LogP contribution in [0.2, 0.25) is 0 Å². The molecule has 0 saturated carbocycles. The molecule has 1 heterocycles. The molecule has 0 amide bonds. The van der Waals surface area contributed by atoms with E-state index in [2.05, 4.69) is 31.9 Å². The van der Waals surface area contributed by atoms with Gasteiger partial charge in [0.1, 0.15) is 5.82 Å². The topological polar surface area (TPSA) is 0 Å². The number of hydrogen-bond donors (Lipinski definition) is 0. The average molecular weight is 399 g/mol. The van der Waals surface area contributed by atoms with Crippen LogP contribution in [0.1, 0.15) is 20.7 Å². The largest absolute Gasteiger partial charge is 0.206 e. The Morgan fingerprint density at radius 3 is 2.65 bits per heavy atom.